The van der Waals surface area contributed by atoms with Gasteiger partial charge in [-0.05, 0) is 47.7 Å². The summed E-state index contributed by atoms with van der Waals surface area (Å²) in [6.07, 6.45) is 0.777. The molecule has 2 aliphatic rings. The molecule has 2 aliphatic heterocycles. The molecule has 2 heterocycles. The zero-order chi connectivity index (χ0) is 22.4. The minimum absolute atomic E-state index is 0.0240. The zero-order valence-electron chi connectivity index (χ0n) is 17.9. The highest BCUT2D eigenvalue weighted by atomic mass is 35.5. The van der Waals surface area contributed by atoms with E-state index in [0.717, 1.165) is 23.1 Å². The van der Waals surface area contributed by atoms with Crippen molar-refractivity contribution in [3.63, 3.8) is 0 Å². The number of fused-ring (bicyclic) bond motifs is 4. The highest BCUT2D eigenvalue weighted by Crippen LogP contribution is 2.46. The number of aryl methyl sites for hydroxylation is 1. The Labute approximate surface area is 192 Å². The minimum Gasteiger partial charge on any atom is -0.495 e. The second-order valence-corrected chi connectivity index (χ2v) is 8.66. The van der Waals surface area contributed by atoms with Gasteiger partial charge in [-0.25, -0.2) is 0 Å². The quantitative estimate of drug-likeness (QED) is 0.606. The van der Waals surface area contributed by atoms with Gasteiger partial charge < -0.3 is 15.0 Å². The molecule has 0 saturated carbocycles. The fraction of sp³-hybridized carbons (Fsp3) is 0.231. The number of carbonyl (C=O) groups is 2. The van der Waals surface area contributed by atoms with Crippen LogP contribution in [0.1, 0.15) is 44.6 Å². The van der Waals surface area contributed by atoms with Crippen LogP contribution in [-0.4, -0.2) is 30.4 Å². The Bertz CT molecular complexity index is 1240. The van der Waals surface area contributed by atoms with Gasteiger partial charge in [-0.3, -0.25) is 9.59 Å². The fourth-order valence-electron chi connectivity index (χ4n) is 4.90. The Morgan fingerprint density at radius 3 is 2.59 bits per heavy atom. The highest BCUT2D eigenvalue weighted by molar-refractivity contribution is 6.31. The third-order valence-electron chi connectivity index (χ3n) is 6.46. The number of nitrogens with zero attached hydrogens (tertiary/aromatic N) is 1. The average molecular weight is 447 g/mol. The van der Waals surface area contributed by atoms with Crippen LogP contribution in [0.3, 0.4) is 0 Å². The molecule has 5 rings (SSSR count). The molecule has 0 radical (unpaired) electrons. The third kappa shape index (κ3) is 3.24. The maximum Gasteiger partial charge on any atom is 0.254 e. The number of benzene rings is 3. The van der Waals surface area contributed by atoms with Crippen LogP contribution < -0.4 is 10.1 Å². The van der Waals surface area contributed by atoms with Gasteiger partial charge >= 0.3 is 0 Å². The van der Waals surface area contributed by atoms with Crippen molar-refractivity contribution >= 4 is 29.1 Å². The van der Waals surface area contributed by atoms with Gasteiger partial charge in [0.25, 0.3) is 5.91 Å². The first-order valence-corrected chi connectivity index (χ1v) is 11.0. The molecule has 0 fully saturated rings. The molecule has 2 atom stereocenters. The van der Waals surface area contributed by atoms with Crippen LogP contribution in [-0.2, 0) is 11.2 Å². The molecule has 2 amide bonds. The minimum atomic E-state index is -0.550. The number of rotatable bonds is 3. The number of nitrogens with one attached hydrogen (secondary N) is 1. The molecule has 0 saturated heterocycles. The van der Waals surface area contributed by atoms with Gasteiger partial charge in [0, 0.05) is 23.2 Å². The molecular formula is C26H23ClN2O3. The number of halogens is 1. The van der Waals surface area contributed by atoms with Crippen LogP contribution in [0, 0.1) is 6.92 Å². The van der Waals surface area contributed by atoms with Gasteiger partial charge in [-0.15, -0.1) is 0 Å². The van der Waals surface area contributed by atoms with Crippen molar-refractivity contribution in [1.82, 2.24) is 4.90 Å². The second kappa shape index (κ2) is 7.99. The van der Waals surface area contributed by atoms with E-state index in [2.05, 4.69) is 11.4 Å². The van der Waals surface area contributed by atoms with Crippen molar-refractivity contribution < 1.29 is 14.3 Å². The summed E-state index contributed by atoms with van der Waals surface area (Å²) in [5, 5.41) is 3.63. The Kier molecular flexibility index (Phi) is 5.14. The fourth-order valence-corrected chi connectivity index (χ4v) is 5.05. The number of carbonyl (C=O) groups excluding carboxylic acids is 2. The van der Waals surface area contributed by atoms with E-state index in [1.54, 1.807) is 13.2 Å². The number of hydrogen-bond acceptors (Lipinski definition) is 3. The van der Waals surface area contributed by atoms with E-state index in [1.807, 2.05) is 60.4 Å². The van der Waals surface area contributed by atoms with Crippen LogP contribution in [0.25, 0.3) is 0 Å². The molecule has 0 unspecified atom stereocenters. The van der Waals surface area contributed by atoms with Gasteiger partial charge in [0.1, 0.15) is 5.75 Å². The van der Waals surface area contributed by atoms with Crippen molar-refractivity contribution in [2.45, 2.75) is 25.3 Å². The van der Waals surface area contributed by atoms with Crippen molar-refractivity contribution in [2.24, 2.45) is 0 Å². The summed E-state index contributed by atoms with van der Waals surface area (Å²) >= 11 is 6.24. The van der Waals surface area contributed by atoms with E-state index >= 15 is 0 Å². The normalized spacial score (nSPS) is 19.0. The third-order valence-corrected chi connectivity index (χ3v) is 6.86. The number of anilines is 1. The highest BCUT2D eigenvalue weighted by Gasteiger charge is 2.46. The standard InChI is InChI=1S/C26H23ClN2O3/c1-15-13-21(22(32-2)14-20(15)27)28-25(30)23-18-9-5-6-10-19(18)26(31)29-12-11-16-7-3-4-8-17(16)24(23)29/h3-10,13-14,23-24H,11-12H2,1-2H3,(H,28,30)/t23-,24+/m0/s1. The van der Waals surface area contributed by atoms with Crippen molar-refractivity contribution in [3.8, 4) is 5.75 Å². The monoisotopic (exact) mass is 446 g/mol. The van der Waals surface area contributed by atoms with Gasteiger partial charge in [-0.2, -0.15) is 0 Å². The van der Waals surface area contributed by atoms with E-state index in [4.69, 9.17) is 16.3 Å². The van der Waals surface area contributed by atoms with E-state index in [0.29, 0.717) is 28.6 Å². The largest absolute Gasteiger partial charge is 0.495 e. The lowest BCUT2D eigenvalue weighted by Gasteiger charge is -2.45. The Morgan fingerprint density at radius 1 is 1.09 bits per heavy atom. The first kappa shape index (κ1) is 20.6. The smallest absolute Gasteiger partial charge is 0.254 e. The van der Waals surface area contributed by atoms with Gasteiger partial charge in [0.15, 0.2) is 0 Å². The van der Waals surface area contributed by atoms with Gasteiger partial charge in [-0.1, -0.05) is 54.1 Å². The summed E-state index contributed by atoms with van der Waals surface area (Å²) in [7, 11) is 1.55. The van der Waals surface area contributed by atoms with E-state index < -0.39 is 5.92 Å². The first-order chi connectivity index (χ1) is 15.5. The Hall–Kier alpha value is -3.31. The molecule has 0 spiro atoms. The van der Waals surface area contributed by atoms with Crippen LogP contribution in [0.2, 0.25) is 5.02 Å². The molecule has 0 aliphatic carbocycles. The summed E-state index contributed by atoms with van der Waals surface area (Å²) in [5.41, 5.74) is 4.94. The number of ether oxygens (including phenoxy) is 1. The summed E-state index contributed by atoms with van der Waals surface area (Å²) in [5.74, 6) is -0.262. The zero-order valence-corrected chi connectivity index (χ0v) is 18.6. The van der Waals surface area contributed by atoms with Crippen LogP contribution in [0.15, 0.2) is 60.7 Å². The molecule has 162 valence electrons. The molecule has 5 nitrogen and oxygen atoms in total. The van der Waals surface area contributed by atoms with E-state index in [-0.39, 0.29) is 17.9 Å². The maximum atomic E-state index is 13.8. The van der Waals surface area contributed by atoms with Crippen LogP contribution in [0.4, 0.5) is 5.69 Å². The molecule has 6 heteroatoms. The maximum absolute atomic E-state index is 13.8. The van der Waals surface area contributed by atoms with Crippen molar-refractivity contribution in [3.05, 3.63) is 93.5 Å². The summed E-state index contributed by atoms with van der Waals surface area (Å²) < 4.78 is 5.46. The van der Waals surface area contributed by atoms with Crippen molar-refractivity contribution in [1.29, 1.82) is 0 Å². The predicted octanol–water partition coefficient (Wildman–Crippen LogP) is 5.13. The molecule has 3 aromatic rings. The van der Waals surface area contributed by atoms with E-state index in [9.17, 15) is 9.59 Å². The Morgan fingerprint density at radius 2 is 1.81 bits per heavy atom. The SMILES string of the molecule is COc1cc(Cl)c(C)cc1NC(=O)[C@H]1c2ccccc2C(=O)N2CCc3ccccc3[C@H]12. The number of hydrogen-bond donors (Lipinski definition) is 1. The van der Waals surface area contributed by atoms with Crippen molar-refractivity contribution in [2.75, 3.05) is 19.0 Å². The molecule has 32 heavy (non-hydrogen) atoms. The lowest BCUT2D eigenvalue weighted by atomic mass is 9.76. The first-order valence-electron chi connectivity index (χ1n) is 10.6. The number of methoxy groups -OCH3 is 1. The summed E-state index contributed by atoms with van der Waals surface area (Å²) in [6.45, 7) is 2.47. The average Bonchev–Trinajstić information content (AvgIpc) is 2.81. The summed E-state index contributed by atoms with van der Waals surface area (Å²) in [4.78, 5) is 29.0. The topological polar surface area (TPSA) is 58.6 Å². The predicted molar refractivity (Wildman–Crippen MR) is 124 cm³/mol. The molecule has 0 bridgehead atoms. The lowest BCUT2D eigenvalue weighted by Crippen LogP contribution is -2.49. The Balaban J connectivity index is 1.63. The lowest BCUT2D eigenvalue weighted by molar-refractivity contribution is -0.119. The molecule has 1 N–H and O–H groups in total. The second-order valence-electron chi connectivity index (χ2n) is 8.25. The number of amides is 2. The molecule has 3 aromatic carbocycles. The van der Waals surface area contributed by atoms with Crippen LogP contribution >= 0.6 is 11.6 Å². The van der Waals surface area contributed by atoms with Crippen LogP contribution in [0.5, 0.6) is 5.75 Å². The van der Waals surface area contributed by atoms with E-state index in [1.165, 1.54) is 5.56 Å². The molecular weight excluding hydrogens is 424 g/mol. The van der Waals surface area contributed by atoms with Gasteiger partial charge in [0.2, 0.25) is 5.91 Å². The summed E-state index contributed by atoms with van der Waals surface area (Å²) in [6, 6.07) is 18.6. The molecule has 0 aromatic heterocycles. The van der Waals surface area contributed by atoms with Gasteiger partial charge in [0.05, 0.1) is 24.8 Å².